The van der Waals surface area contributed by atoms with Crippen molar-refractivity contribution in [1.29, 1.82) is 0 Å². The van der Waals surface area contributed by atoms with Gasteiger partial charge >= 0.3 is 0 Å². The molecule has 0 aliphatic carbocycles. The van der Waals surface area contributed by atoms with Gasteiger partial charge in [-0.2, -0.15) is 20.1 Å². The molecule has 218 valence electrons. The maximum atomic E-state index is 13.8. The Morgan fingerprint density at radius 1 is 0.762 bits per heavy atom. The number of phenols is 2. The minimum absolute atomic E-state index is 0.127. The van der Waals surface area contributed by atoms with Gasteiger partial charge in [-0.3, -0.25) is 13.6 Å². The average Bonchev–Trinajstić information content (AvgIpc) is 3.56. The fraction of sp³-hybridized carbons (Fsp3) is 0.188. The van der Waals surface area contributed by atoms with E-state index in [1.807, 2.05) is 0 Å². The first-order chi connectivity index (χ1) is 19.7. The highest BCUT2D eigenvalue weighted by molar-refractivity contribution is 14.2. The first-order valence-electron chi connectivity index (χ1n) is 12.5. The Balaban J connectivity index is 1.72. The largest absolute Gasteiger partial charge is 0.507 e. The summed E-state index contributed by atoms with van der Waals surface area (Å²) in [7, 11) is -0.800. The van der Waals surface area contributed by atoms with Gasteiger partial charge in [0.1, 0.15) is 17.2 Å². The van der Waals surface area contributed by atoms with Crippen LogP contribution >= 0.6 is 50.4 Å². The monoisotopic (exact) mass is 730 g/mol. The Morgan fingerprint density at radius 2 is 1.29 bits per heavy atom. The normalized spacial score (nSPS) is 12.1. The third kappa shape index (κ3) is 7.42. The first-order valence-corrected chi connectivity index (χ1v) is 21.6. The van der Waals surface area contributed by atoms with Crippen molar-refractivity contribution in [3.63, 3.8) is 0 Å². The van der Waals surface area contributed by atoms with Gasteiger partial charge in [-0.05, 0) is 103 Å². The zero-order chi connectivity index (χ0) is 30.8. The second kappa shape index (κ2) is 12.6. The maximum Gasteiger partial charge on any atom is 0.216 e. The minimum atomic E-state index is -1.05. The Hall–Kier alpha value is -3.16. The summed E-state index contributed by atoms with van der Waals surface area (Å²) >= 11 is 2.08. The molecule has 0 atom stereocenters. The van der Waals surface area contributed by atoms with E-state index in [0.29, 0.717) is 16.8 Å². The summed E-state index contributed by atoms with van der Waals surface area (Å²) in [6.07, 6.45) is 15.9. The molecule has 0 radical (unpaired) electrons. The number of hydrogen-bond acceptors (Lipinski definition) is 5. The first kappa shape index (κ1) is 31.8. The number of aromatic hydroxyl groups is 2. The van der Waals surface area contributed by atoms with E-state index in [-0.39, 0.29) is 34.0 Å². The Labute approximate surface area is 266 Å². The molecule has 4 rings (SSSR count). The highest BCUT2D eigenvalue weighted by atomic mass is 127. The van der Waals surface area contributed by atoms with E-state index < -0.39 is 31.6 Å². The van der Waals surface area contributed by atoms with Crippen LogP contribution in [0.25, 0.3) is 5.69 Å². The van der Waals surface area contributed by atoms with Crippen molar-refractivity contribution in [3.05, 3.63) is 101 Å². The number of aromatic nitrogens is 2. The van der Waals surface area contributed by atoms with Crippen LogP contribution in [0.5, 0.6) is 11.5 Å². The van der Waals surface area contributed by atoms with Gasteiger partial charge in [0.25, 0.3) is 0 Å². The second-order valence-corrected chi connectivity index (χ2v) is 20.4. The molecule has 42 heavy (non-hydrogen) atoms. The zero-order valence-corrected chi connectivity index (χ0v) is 28.7. The van der Waals surface area contributed by atoms with Crippen LogP contribution in [0.2, 0.25) is 0 Å². The van der Waals surface area contributed by atoms with Gasteiger partial charge in [0.15, 0.2) is 0 Å². The number of carbonyl (C=O) groups excluding carboxylic acids is 2. The van der Waals surface area contributed by atoms with Gasteiger partial charge in [0.2, 0.25) is 11.6 Å². The molecule has 0 unspecified atom stereocenters. The van der Waals surface area contributed by atoms with Crippen molar-refractivity contribution in [1.82, 2.24) is 8.54 Å². The van der Waals surface area contributed by atoms with Crippen molar-refractivity contribution in [2.24, 2.45) is 0 Å². The van der Waals surface area contributed by atoms with Crippen molar-refractivity contribution in [2.45, 2.75) is 0 Å². The number of benzene rings is 2. The molecular formula is C32H31IN2O4S3. The number of carbonyl (C=O) groups is 2. The standard InChI is InChI=1S/C32H31IN2O4S3/c1-41(2,3)18-14-22-9-11-24(28(36)20-22)31(38)27-8-7-16-34(27)26-13-17-35(40-33)30(26)32(39)25-12-10-23(21-29(25)37)15-19-42(4,5)6/h7-13,16-17,20-21,36-37H,1-6H3. The van der Waals surface area contributed by atoms with E-state index in [2.05, 4.69) is 81.1 Å². The smallest absolute Gasteiger partial charge is 0.216 e. The van der Waals surface area contributed by atoms with Crippen molar-refractivity contribution < 1.29 is 19.8 Å². The summed E-state index contributed by atoms with van der Waals surface area (Å²) in [5.41, 5.74) is 2.53. The molecule has 0 spiro atoms. The van der Waals surface area contributed by atoms with Crippen LogP contribution in [-0.4, -0.2) is 67.9 Å². The summed E-state index contributed by atoms with van der Waals surface area (Å²) in [4.78, 5) is 27.5. The van der Waals surface area contributed by atoms with Crippen LogP contribution in [0.15, 0.2) is 67.0 Å². The molecule has 0 aliphatic rings. The molecule has 2 aromatic carbocycles. The summed E-state index contributed by atoms with van der Waals surface area (Å²) in [5, 5.41) is 27.9. The summed E-state index contributed by atoms with van der Waals surface area (Å²) in [6, 6.07) is 14.7. The molecule has 0 fully saturated rings. The lowest BCUT2D eigenvalue weighted by molar-refractivity contribution is 0.101. The molecule has 4 aromatic rings. The number of nitrogens with zero attached hydrogens (tertiary/aromatic N) is 2. The highest BCUT2D eigenvalue weighted by Crippen LogP contribution is 2.35. The zero-order valence-electron chi connectivity index (χ0n) is 24.1. The number of ketones is 2. The average molecular weight is 731 g/mol. The van der Waals surface area contributed by atoms with Crippen LogP contribution in [0, 0.1) is 22.3 Å². The molecule has 0 amide bonds. The minimum Gasteiger partial charge on any atom is -0.507 e. The van der Waals surface area contributed by atoms with Crippen LogP contribution in [-0.2, 0) is 0 Å². The predicted molar refractivity (Wildman–Crippen MR) is 188 cm³/mol. The molecule has 2 aromatic heterocycles. The Morgan fingerprint density at radius 3 is 1.76 bits per heavy atom. The van der Waals surface area contributed by atoms with Crippen molar-refractivity contribution in [2.75, 3.05) is 37.5 Å². The SMILES string of the molecule is CS(C)(C)C#Cc1ccc(C(=O)c2c(-n3cccc3C(=O)c3ccc(C#CS(C)(C)C)cc3O)ccn2SI)c(O)c1. The molecule has 2 heterocycles. The van der Waals surface area contributed by atoms with Gasteiger partial charge in [-0.1, -0.05) is 11.8 Å². The summed E-state index contributed by atoms with van der Waals surface area (Å²) in [6.45, 7) is 0. The van der Waals surface area contributed by atoms with Crippen LogP contribution in [0.3, 0.4) is 0 Å². The van der Waals surface area contributed by atoms with E-state index in [1.165, 1.54) is 21.3 Å². The van der Waals surface area contributed by atoms with Gasteiger partial charge in [0.05, 0.1) is 22.5 Å². The number of phenolic OH excluding ortho intramolecular Hbond substituents is 2. The molecule has 10 heteroatoms. The number of hydrogen-bond donors (Lipinski definition) is 2. The highest BCUT2D eigenvalue weighted by Gasteiger charge is 2.26. The van der Waals surface area contributed by atoms with Gasteiger partial charge in [-0.15, -0.1) is 0 Å². The molecule has 2 N–H and O–H groups in total. The molecule has 0 aliphatic heterocycles. The van der Waals surface area contributed by atoms with Crippen LogP contribution < -0.4 is 0 Å². The van der Waals surface area contributed by atoms with E-state index in [1.54, 1.807) is 63.4 Å². The maximum absolute atomic E-state index is 13.8. The van der Waals surface area contributed by atoms with Crippen molar-refractivity contribution >= 4 is 61.9 Å². The predicted octanol–water partition coefficient (Wildman–Crippen LogP) is 7.00. The lowest BCUT2D eigenvalue weighted by atomic mass is 10.0. The van der Waals surface area contributed by atoms with Gasteiger partial charge in [-0.25, -0.2) is 0 Å². The fourth-order valence-corrected chi connectivity index (χ4v) is 6.13. The van der Waals surface area contributed by atoms with E-state index in [0.717, 1.165) is 0 Å². The van der Waals surface area contributed by atoms with Crippen LogP contribution in [0.4, 0.5) is 0 Å². The van der Waals surface area contributed by atoms with E-state index >= 15 is 0 Å². The Bertz CT molecular complexity index is 1820. The molecule has 0 saturated carbocycles. The Kier molecular flexibility index (Phi) is 9.53. The third-order valence-electron chi connectivity index (χ3n) is 5.85. The molecule has 0 bridgehead atoms. The van der Waals surface area contributed by atoms with Crippen LogP contribution in [0.1, 0.15) is 43.2 Å². The topological polar surface area (TPSA) is 84.5 Å². The molecule has 6 nitrogen and oxygen atoms in total. The second-order valence-electron chi connectivity index (χ2n) is 11.0. The van der Waals surface area contributed by atoms with Gasteiger partial charge in [0, 0.05) is 53.8 Å². The number of halogens is 1. The third-order valence-corrected chi connectivity index (χ3v) is 9.00. The lowest BCUT2D eigenvalue weighted by Gasteiger charge is -2.15. The van der Waals surface area contributed by atoms with Gasteiger partial charge < -0.3 is 14.8 Å². The van der Waals surface area contributed by atoms with E-state index in [9.17, 15) is 19.8 Å². The lowest BCUT2D eigenvalue weighted by Crippen LogP contribution is -2.13. The fourth-order valence-electron chi connectivity index (χ4n) is 3.94. The number of rotatable bonds is 6. The molecule has 0 saturated heterocycles. The molecular weight excluding hydrogens is 699 g/mol. The summed E-state index contributed by atoms with van der Waals surface area (Å²) in [5.74, 6) is 5.00. The van der Waals surface area contributed by atoms with Crippen molar-refractivity contribution in [3.8, 4) is 39.5 Å². The summed E-state index contributed by atoms with van der Waals surface area (Å²) < 4.78 is 3.31. The van der Waals surface area contributed by atoms with E-state index in [4.69, 9.17) is 0 Å². The quantitative estimate of drug-likeness (QED) is 0.127.